The number of hydrogen-bond donors (Lipinski definition) is 0. The molecule has 0 fully saturated rings. The highest BCUT2D eigenvalue weighted by Gasteiger charge is 2.19. The van der Waals surface area contributed by atoms with Gasteiger partial charge in [-0.1, -0.05) is 26.2 Å². The third-order valence-corrected chi connectivity index (χ3v) is 4.05. The first-order valence-corrected chi connectivity index (χ1v) is 8.73. The molecule has 5 nitrogen and oxygen atoms in total. The van der Waals surface area contributed by atoms with Gasteiger partial charge in [-0.2, -0.15) is 0 Å². The number of rotatable bonds is 11. The Bertz CT molecular complexity index is 453. The van der Waals surface area contributed by atoms with Crippen molar-refractivity contribution in [1.82, 2.24) is 9.80 Å². The summed E-state index contributed by atoms with van der Waals surface area (Å²) in [6.07, 6.45) is 7.75. The molecule has 0 N–H and O–H groups in total. The summed E-state index contributed by atoms with van der Waals surface area (Å²) >= 11 is 0. The summed E-state index contributed by atoms with van der Waals surface area (Å²) < 4.78 is 5.00. The molecule has 0 spiro atoms. The molecule has 1 aromatic heterocycles. The fourth-order valence-corrected chi connectivity index (χ4v) is 2.58. The van der Waals surface area contributed by atoms with E-state index in [-0.39, 0.29) is 11.8 Å². The van der Waals surface area contributed by atoms with Gasteiger partial charge in [0.25, 0.3) is 5.91 Å². The zero-order valence-electron chi connectivity index (χ0n) is 14.7. The minimum absolute atomic E-state index is 0.0532. The van der Waals surface area contributed by atoms with Crippen molar-refractivity contribution in [3.8, 4) is 0 Å². The molecule has 0 unspecified atom stereocenters. The van der Waals surface area contributed by atoms with Crippen LogP contribution in [0.25, 0.3) is 0 Å². The van der Waals surface area contributed by atoms with Crippen molar-refractivity contribution >= 4 is 11.8 Å². The predicted octanol–water partition coefficient (Wildman–Crippen LogP) is 3.56. The van der Waals surface area contributed by atoms with Gasteiger partial charge in [-0.3, -0.25) is 9.59 Å². The molecule has 5 heteroatoms. The number of unbranched alkanes of at least 4 members (excludes halogenated alkanes) is 3. The van der Waals surface area contributed by atoms with Crippen LogP contribution in [0.1, 0.15) is 63.2 Å². The molecule has 1 heterocycles. The minimum Gasteiger partial charge on any atom is -0.472 e. The Balaban J connectivity index is 2.60. The van der Waals surface area contributed by atoms with Gasteiger partial charge in [-0.25, -0.2) is 0 Å². The highest BCUT2D eigenvalue weighted by molar-refractivity contribution is 5.94. The maximum atomic E-state index is 12.5. The van der Waals surface area contributed by atoms with E-state index < -0.39 is 0 Å². The van der Waals surface area contributed by atoms with E-state index in [4.69, 9.17) is 4.42 Å². The summed E-state index contributed by atoms with van der Waals surface area (Å²) in [7, 11) is 0. The van der Waals surface area contributed by atoms with Gasteiger partial charge in [0.2, 0.25) is 5.91 Å². The molecule has 0 atom stereocenters. The number of furan rings is 1. The largest absolute Gasteiger partial charge is 0.472 e. The van der Waals surface area contributed by atoms with Gasteiger partial charge in [-0.15, -0.1) is 0 Å². The van der Waals surface area contributed by atoms with Crippen LogP contribution in [0.3, 0.4) is 0 Å². The fraction of sp³-hybridized carbons (Fsp3) is 0.667. The first kappa shape index (κ1) is 19.3. The average molecular weight is 322 g/mol. The molecule has 2 amide bonds. The Kier molecular flexibility index (Phi) is 9.10. The van der Waals surface area contributed by atoms with Crippen LogP contribution in [0.5, 0.6) is 0 Å². The molecular weight excluding hydrogens is 292 g/mol. The molecule has 0 bridgehead atoms. The first-order valence-electron chi connectivity index (χ1n) is 8.73. The lowest BCUT2D eigenvalue weighted by Crippen LogP contribution is -2.37. The van der Waals surface area contributed by atoms with Gasteiger partial charge in [0.15, 0.2) is 0 Å². The smallest absolute Gasteiger partial charge is 0.257 e. The Morgan fingerprint density at radius 1 is 1.00 bits per heavy atom. The van der Waals surface area contributed by atoms with Crippen molar-refractivity contribution in [3.63, 3.8) is 0 Å². The first-order chi connectivity index (χ1) is 11.1. The average Bonchev–Trinajstić information content (AvgIpc) is 3.09. The van der Waals surface area contributed by atoms with E-state index in [9.17, 15) is 9.59 Å². The normalized spacial score (nSPS) is 10.6. The number of carbonyl (C=O) groups is 2. The standard InChI is InChI=1S/C18H30N2O3/c1-4-7-8-9-12-20(18(22)16-11-14-23-15-16)13-10-17(21)19(5-2)6-3/h11,14-15H,4-10,12-13H2,1-3H3. The molecular formula is C18H30N2O3. The zero-order chi connectivity index (χ0) is 17.1. The summed E-state index contributed by atoms with van der Waals surface area (Å²) in [5.41, 5.74) is 0.552. The topological polar surface area (TPSA) is 53.8 Å². The van der Waals surface area contributed by atoms with Gasteiger partial charge < -0.3 is 14.2 Å². The Morgan fingerprint density at radius 2 is 1.74 bits per heavy atom. The van der Waals surface area contributed by atoms with Crippen molar-refractivity contribution < 1.29 is 14.0 Å². The molecule has 0 radical (unpaired) electrons. The SMILES string of the molecule is CCCCCCN(CCC(=O)N(CC)CC)C(=O)c1ccoc1. The molecule has 0 saturated carbocycles. The fourth-order valence-electron chi connectivity index (χ4n) is 2.58. The zero-order valence-corrected chi connectivity index (χ0v) is 14.7. The van der Waals surface area contributed by atoms with E-state index >= 15 is 0 Å². The summed E-state index contributed by atoms with van der Waals surface area (Å²) in [5, 5.41) is 0. The maximum absolute atomic E-state index is 12.5. The van der Waals surface area contributed by atoms with E-state index in [2.05, 4.69) is 6.92 Å². The van der Waals surface area contributed by atoms with Crippen molar-refractivity contribution in [3.05, 3.63) is 24.2 Å². The molecule has 0 saturated heterocycles. The molecule has 23 heavy (non-hydrogen) atoms. The van der Waals surface area contributed by atoms with Crippen molar-refractivity contribution in [2.45, 2.75) is 52.9 Å². The lowest BCUT2D eigenvalue weighted by molar-refractivity contribution is -0.131. The number of nitrogens with zero attached hydrogens (tertiary/aromatic N) is 2. The molecule has 0 aromatic carbocycles. The van der Waals surface area contributed by atoms with Gasteiger partial charge in [0.1, 0.15) is 6.26 Å². The predicted molar refractivity (Wildman–Crippen MR) is 91.3 cm³/mol. The Morgan fingerprint density at radius 3 is 2.30 bits per heavy atom. The van der Waals surface area contributed by atoms with Crippen LogP contribution >= 0.6 is 0 Å². The second kappa shape index (κ2) is 10.9. The quantitative estimate of drug-likeness (QED) is 0.585. The van der Waals surface area contributed by atoms with Crippen LogP contribution in [-0.4, -0.2) is 47.8 Å². The Hall–Kier alpha value is -1.78. The lowest BCUT2D eigenvalue weighted by atomic mass is 10.2. The van der Waals surface area contributed by atoms with Crippen LogP contribution in [0, 0.1) is 0 Å². The van der Waals surface area contributed by atoms with Gasteiger partial charge >= 0.3 is 0 Å². The molecule has 130 valence electrons. The summed E-state index contributed by atoms with van der Waals surface area (Å²) in [5.74, 6) is 0.0520. The highest BCUT2D eigenvalue weighted by atomic mass is 16.3. The number of amides is 2. The van der Waals surface area contributed by atoms with Crippen LogP contribution in [0.4, 0.5) is 0 Å². The van der Waals surface area contributed by atoms with Crippen LogP contribution in [0.2, 0.25) is 0 Å². The third kappa shape index (κ3) is 6.47. The van der Waals surface area contributed by atoms with E-state index in [1.165, 1.54) is 18.9 Å². The van der Waals surface area contributed by atoms with Crippen molar-refractivity contribution in [2.75, 3.05) is 26.2 Å². The lowest BCUT2D eigenvalue weighted by Gasteiger charge is -2.24. The molecule has 0 aliphatic carbocycles. The summed E-state index contributed by atoms with van der Waals surface area (Å²) in [6, 6.07) is 1.67. The van der Waals surface area contributed by atoms with Crippen LogP contribution in [-0.2, 0) is 4.79 Å². The summed E-state index contributed by atoms with van der Waals surface area (Å²) in [4.78, 5) is 28.3. The highest BCUT2D eigenvalue weighted by Crippen LogP contribution is 2.10. The van der Waals surface area contributed by atoms with Gasteiger partial charge in [0, 0.05) is 32.6 Å². The summed E-state index contributed by atoms with van der Waals surface area (Å²) in [6.45, 7) is 8.68. The monoisotopic (exact) mass is 322 g/mol. The minimum atomic E-state index is -0.0532. The van der Waals surface area contributed by atoms with Gasteiger partial charge in [0.05, 0.1) is 11.8 Å². The van der Waals surface area contributed by atoms with Crippen LogP contribution < -0.4 is 0 Å². The van der Waals surface area contributed by atoms with Crippen molar-refractivity contribution in [1.29, 1.82) is 0 Å². The van der Waals surface area contributed by atoms with Gasteiger partial charge in [-0.05, 0) is 26.3 Å². The number of hydrogen-bond acceptors (Lipinski definition) is 3. The molecule has 0 aliphatic rings. The second-order valence-corrected chi connectivity index (χ2v) is 5.68. The van der Waals surface area contributed by atoms with E-state index in [1.807, 2.05) is 13.8 Å². The molecule has 0 aliphatic heterocycles. The van der Waals surface area contributed by atoms with E-state index in [0.29, 0.717) is 38.2 Å². The number of carbonyl (C=O) groups excluding carboxylic acids is 2. The Labute approximate surface area is 139 Å². The van der Waals surface area contributed by atoms with Crippen LogP contribution in [0.15, 0.2) is 23.0 Å². The third-order valence-electron chi connectivity index (χ3n) is 4.05. The molecule has 1 rings (SSSR count). The van der Waals surface area contributed by atoms with E-state index in [1.54, 1.807) is 15.9 Å². The van der Waals surface area contributed by atoms with Crippen molar-refractivity contribution in [2.24, 2.45) is 0 Å². The van der Waals surface area contributed by atoms with E-state index in [0.717, 1.165) is 19.3 Å². The second-order valence-electron chi connectivity index (χ2n) is 5.68. The maximum Gasteiger partial charge on any atom is 0.257 e. The molecule has 1 aromatic rings.